The molecule has 0 bridgehead atoms. The monoisotopic (exact) mass is 455 g/mol. The molecule has 3 aromatic rings. The van der Waals surface area contributed by atoms with Gasteiger partial charge in [0.25, 0.3) is 5.91 Å². The first-order valence-electron chi connectivity index (χ1n) is 10.5. The van der Waals surface area contributed by atoms with Crippen LogP contribution in [0.4, 0.5) is 26.0 Å². The number of benzene rings is 2. The molecular formula is C22H23F2N7O2. The summed E-state index contributed by atoms with van der Waals surface area (Å²) in [5.74, 6) is -1.10. The van der Waals surface area contributed by atoms with Gasteiger partial charge in [-0.15, -0.1) is 0 Å². The van der Waals surface area contributed by atoms with Crippen molar-refractivity contribution in [3.05, 3.63) is 57.5 Å². The molecule has 0 saturated heterocycles. The fourth-order valence-electron chi connectivity index (χ4n) is 3.69. The Balaban J connectivity index is 1.43. The zero-order chi connectivity index (χ0) is 23.5. The number of aliphatic imine (C=N–C) groups is 1. The van der Waals surface area contributed by atoms with Crippen molar-refractivity contribution >= 4 is 40.3 Å². The fraction of sp³-hybridized carbons (Fsp3) is 0.273. The van der Waals surface area contributed by atoms with Crippen LogP contribution in [-0.2, 0) is 13.1 Å². The molecule has 11 heteroatoms. The van der Waals surface area contributed by atoms with Gasteiger partial charge in [0, 0.05) is 44.4 Å². The summed E-state index contributed by atoms with van der Waals surface area (Å²) in [6.07, 6.45) is 1.46. The van der Waals surface area contributed by atoms with Crippen molar-refractivity contribution in [2.24, 2.45) is 4.99 Å². The summed E-state index contributed by atoms with van der Waals surface area (Å²) < 4.78 is 30.7. The fourth-order valence-corrected chi connectivity index (χ4v) is 3.69. The van der Waals surface area contributed by atoms with Gasteiger partial charge in [0.2, 0.25) is 0 Å². The van der Waals surface area contributed by atoms with Gasteiger partial charge in [-0.2, -0.15) is 4.98 Å². The topological polar surface area (TPSA) is 112 Å². The average Bonchev–Trinajstić information content (AvgIpc) is 2.82. The lowest BCUT2D eigenvalue weighted by atomic mass is 10.1. The molecule has 2 heterocycles. The minimum atomic E-state index is -0.578. The Kier molecular flexibility index (Phi) is 6.31. The standard InChI is InChI=1S/C22H23F2N7O2/c1-3-31-20-17-16(28-11-29-20)9-13(18(24)19(17)30-22(31)33)10-26-6-7-27-15-5-4-12(8-14(15)23)21(32)25-2/h4-5,8-9,11,26-27H,3,6-7,10H2,1-2H3,(H,25,32)(H,28,29). The molecule has 1 aromatic heterocycles. The van der Waals surface area contributed by atoms with Gasteiger partial charge in [0.1, 0.15) is 17.2 Å². The van der Waals surface area contributed by atoms with Crippen LogP contribution in [0.3, 0.4) is 0 Å². The number of carbonyl (C=O) groups is 1. The molecule has 1 amide bonds. The van der Waals surface area contributed by atoms with Crippen LogP contribution in [0, 0.1) is 11.6 Å². The number of hydrogen-bond acceptors (Lipinski definition) is 7. The van der Waals surface area contributed by atoms with E-state index < -0.39 is 17.3 Å². The first-order chi connectivity index (χ1) is 15.9. The minimum absolute atomic E-state index is 0.0187. The lowest BCUT2D eigenvalue weighted by molar-refractivity contribution is 0.0962. The van der Waals surface area contributed by atoms with E-state index in [4.69, 9.17) is 0 Å². The van der Waals surface area contributed by atoms with Gasteiger partial charge in [-0.1, -0.05) is 0 Å². The van der Waals surface area contributed by atoms with Crippen molar-refractivity contribution in [1.82, 2.24) is 20.2 Å². The Morgan fingerprint density at radius 2 is 2.03 bits per heavy atom. The molecule has 9 nitrogen and oxygen atoms in total. The smallest absolute Gasteiger partial charge is 0.349 e. The normalized spacial score (nSPS) is 12.0. The number of hydrogen-bond donors (Lipinski definition) is 4. The van der Waals surface area contributed by atoms with Crippen LogP contribution in [0.5, 0.6) is 0 Å². The molecule has 0 radical (unpaired) electrons. The predicted molar refractivity (Wildman–Crippen MR) is 123 cm³/mol. The number of carbonyl (C=O) groups excluding carboxylic acids is 1. The molecule has 33 heavy (non-hydrogen) atoms. The third-order valence-electron chi connectivity index (χ3n) is 5.35. The largest absolute Gasteiger partial charge is 0.381 e. The minimum Gasteiger partial charge on any atom is -0.381 e. The van der Waals surface area contributed by atoms with Gasteiger partial charge >= 0.3 is 5.69 Å². The zero-order valence-electron chi connectivity index (χ0n) is 18.1. The highest BCUT2D eigenvalue weighted by Crippen LogP contribution is 2.35. The summed E-state index contributed by atoms with van der Waals surface area (Å²) >= 11 is 0. The highest BCUT2D eigenvalue weighted by Gasteiger charge is 2.21. The van der Waals surface area contributed by atoms with E-state index in [9.17, 15) is 14.0 Å². The first kappa shape index (κ1) is 22.3. The summed E-state index contributed by atoms with van der Waals surface area (Å²) in [6.45, 7) is 3.14. The lowest BCUT2D eigenvalue weighted by Gasteiger charge is -2.18. The second-order valence-corrected chi connectivity index (χ2v) is 7.36. The molecule has 1 aliphatic rings. The van der Waals surface area contributed by atoms with Gasteiger partial charge in [0.15, 0.2) is 5.82 Å². The molecule has 0 spiro atoms. The number of amides is 1. The van der Waals surface area contributed by atoms with Gasteiger partial charge < -0.3 is 21.3 Å². The molecular weight excluding hydrogens is 432 g/mol. The van der Waals surface area contributed by atoms with Gasteiger partial charge in [-0.05, 0) is 31.2 Å². The number of nitrogens with zero attached hydrogens (tertiary/aromatic N) is 3. The second kappa shape index (κ2) is 9.33. The van der Waals surface area contributed by atoms with Gasteiger partial charge in [-0.3, -0.25) is 9.36 Å². The Hall–Kier alpha value is -3.86. The van der Waals surface area contributed by atoms with Gasteiger partial charge in [-0.25, -0.2) is 18.6 Å². The van der Waals surface area contributed by atoms with E-state index in [0.29, 0.717) is 42.1 Å². The lowest BCUT2D eigenvalue weighted by Crippen LogP contribution is -2.25. The Bertz CT molecular complexity index is 1320. The summed E-state index contributed by atoms with van der Waals surface area (Å²) in [5.41, 5.74) is 0.888. The highest BCUT2D eigenvalue weighted by molar-refractivity contribution is 6.06. The van der Waals surface area contributed by atoms with Crippen molar-refractivity contribution in [3.63, 3.8) is 0 Å². The Morgan fingerprint density at radius 3 is 2.76 bits per heavy atom. The van der Waals surface area contributed by atoms with Crippen LogP contribution in [0.2, 0.25) is 0 Å². The molecule has 2 aromatic carbocycles. The van der Waals surface area contributed by atoms with E-state index in [1.54, 1.807) is 13.0 Å². The molecule has 0 unspecified atom stereocenters. The van der Waals surface area contributed by atoms with Crippen LogP contribution in [-0.4, -0.2) is 41.9 Å². The molecule has 0 saturated carbocycles. The predicted octanol–water partition coefficient (Wildman–Crippen LogP) is 2.34. The molecule has 4 rings (SSSR count). The van der Waals surface area contributed by atoms with E-state index >= 15 is 4.39 Å². The quantitative estimate of drug-likeness (QED) is 0.388. The van der Waals surface area contributed by atoms with Crippen LogP contribution in [0.25, 0.3) is 10.9 Å². The number of nitrogens with one attached hydrogen (secondary N) is 4. The van der Waals surface area contributed by atoms with Crippen molar-refractivity contribution in [2.45, 2.75) is 20.0 Å². The summed E-state index contributed by atoms with van der Waals surface area (Å²) in [5, 5.41) is 11.9. The van der Waals surface area contributed by atoms with Gasteiger partial charge in [0.05, 0.1) is 23.1 Å². The maximum atomic E-state index is 15.1. The number of aromatic nitrogens is 2. The third-order valence-corrected chi connectivity index (χ3v) is 5.35. The maximum Gasteiger partial charge on any atom is 0.349 e. The molecule has 0 fully saturated rings. The Morgan fingerprint density at radius 1 is 1.21 bits per heavy atom. The van der Waals surface area contributed by atoms with E-state index in [0.717, 1.165) is 6.07 Å². The van der Waals surface area contributed by atoms with Crippen molar-refractivity contribution in [2.75, 3.05) is 30.8 Å². The van der Waals surface area contributed by atoms with Crippen molar-refractivity contribution in [3.8, 4) is 0 Å². The molecule has 0 aliphatic carbocycles. The van der Waals surface area contributed by atoms with E-state index in [-0.39, 0.29) is 29.2 Å². The van der Waals surface area contributed by atoms with E-state index in [2.05, 4.69) is 31.2 Å². The molecule has 1 aliphatic heterocycles. The average molecular weight is 455 g/mol. The summed E-state index contributed by atoms with van der Waals surface area (Å²) in [4.78, 5) is 32.0. The number of halogens is 2. The van der Waals surface area contributed by atoms with Crippen LogP contribution >= 0.6 is 0 Å². The van der Waals surface area contributed by atoms with Crippen LogP contribution in [0.1, 0.15) is 22.8 Å². The maximum absolute atomic E-state index is 15.1. The SMILES string of the molecule is CCn1c2c3c(cc(CNCCNc4ccc(C(=O)NC)cc4F)c(F)c3nc1=O)NC=N2. The summed E-state index contributed by atoms with van der Waals surface area (Å²) in [7, 11) is 1.48. The van der Waals surface area contributed by atoms with Crippen LogP contribution in [0.15, 0.2) is 34.1 Å². The summed E-state index contributed by atoms with van der Waals surface area (Å²) in [6, 6.07) is 5.84. The zero-order valence-corrected chi connectivity index (χ0v) is 18.1. The highest BCUT2D eigenvalue weighted by atomic mass is 19.1. The Labute approximate surface area is 187 Å². The van der Waals surface area contributed by atoms with E-state index in [1.807, 2.05) is 0 Å². The van der Waals surface area contributed by atoms with Crippen LogP contribution < -0.4 is 27.0 Å². The van der Waals surface area contributed by atoms with E-state index in [1.165, 1.54) is 30.1 Å². The first-order valence-corrected chi connectivity index (χ1v) is 10.5. The van der Waals surface area contributed by atoms with Crippen molar-refractivity contribution in [1.29, 1.82) is 0 Å². The second-order valence-electron chi connectivity index (χ2n) is 7.36. The number of rotatable bonds is 8. The third kappa shape index (κ3) is 4.27. The molecule has 172 valence electrons. The molecule has 4 N–H and O–H groups in total. The molecule has 0 atom stereocenters. The number of anilines is 2. The van der Waals surface area contributed by atoms with Crippen molar-refractivity contribution < 1.29 is 13.6 Å².